The van der Waals surface area contributed by atoms with Gasteiger partial charge >= 0.3 is 0 Å². The Morgan fingerprint density at radius 3 is 1.02 bits per heavy atom. The zero-order chi connectivity index (χ0) is 40.3. The van der Waals surface area contributed by atoms with Crippen molar-refractivity contribution in [3.05, 3.63) is 89.5 Å². The highest BCUT2D eigenvalue weighted by Crippen LogP contribution is 2.26. The molecule has 0 bridgehead atoms. The number of rotatable bonds is 30. The van der Waals surface area contributed by atoms with E-state index in [-0.39, 0.29) is 0 Å². The molecule has 3 aromatic rings. The van der Waals surface area contributed by atoms with Gasteiger partial charge in [-0.3, -0.25) is 0 Å². The summed E-state index contributed by atoms with van der Waals surface area (Å²) in [4.78, 5) is 0. The molecule has 0 fully saturated rings. The summed E-state index contributed by atoms with van der Waals surface area (Å²) >= 11 is 0. The maximum Gasteiger partial charge on any atom is 0.267 e. The van der Waals surface area contributed by atoms with E-state index in [4.69, 9.17) is 29.6 Å². The normalized spacial score (nSPS) is 14.7. The van der Waals surface area contributed by atoms with Crippen molar-refractivity contribution in [1.82, 2.24) is 0 Å². The Bertz CT molecular complexity index is 1400. The molecule has 0 radical (unpaired) electrons. The van der Waals surface area contributed by atoms with Gasteiger partial charge in [0.25, 0.3) is 5.41 Å². The Kier molecular flexibility index (Phi) is 22.9. The first-order valence-corrected chi connectivity index (χ1v) is 22.7. The van der Waals surface area contributed by atoms with E-state index >= 15 is 0 Å². The average molecular weight is 785 g/mol. The van der Waals surface area contributed by atoms with E-state index in [0.29, 0.717) is 67.5 Å². The molecule has 0 spiro atoms. The second-order valence-electron chi connectivity index (χ2n) is 15.2. The monoisotopic (exact) mass is 785 g/mol. The number of para-hydroxylation sites is 3. The summed E-state index contributed by atoms with van der Waals surface area (Å²) in [5.74, 6) is 4.14. The highest BCUT2D eigenvalue weighted by atomic mass is 28.1. The number of unbranched alkanes of at least 4 members (excludes halogenated alkanes) is 3. The predicted octanol–water partition coefficient (Wildman–Crippen LogP) is 12.7. The minimum atomic E-state index is -1.23. The fraction of sp³-hybridized carbons (Fsp3) is 0.609. The lowest BCUT2D eigenvalue weighted by atomic mass is 10.0. The van der Waals surface area contributed by atoms with Gasteiger partial charge in [0.05, 0.1) is 39.5 Å². The first-order chi connectivity index (χ1) is 27.4. The molecular formula is C46H72N6O3Si. The lowest BCUT2D eigenvalue weighted by Gasteiger charge is -2.18. The van der Waals surface area contributed by atoms with Crippen LogP contribution < -0.4 is 14.2 Å². The topological polar surface area (TPSA) is 102 Å². The van der Waals surface area contributed by atoms with Gasteiger partial charge in [0.15, 0.2) is 0 Å². The van der Waals surface area contributed by atoms with E-state index in [1.807, 2.05) is 72.8 Å². The Morgan fingerprint density at radius 1 is 0.464 bits per heavy atom. The van der Waals surface area contributed by atoms with E-state index in [1.165, 1.54) is 57.8 Å². The van der Waals surface area contributed by atoms with Gasteiger partial charge in [0.2, 0.25) is 0 Å². The Labute approximate surface area is 342 Å². The quantitative estimate of drug-likeness (QED) is 0.0497. The number of hydrogen-bond donors (Lipinski definition) is 0. The lowest BCUT2D eigenvalue weighted by molar-refractivity contribution is 0.231. The van der Waals surface area contributed by atoms with Crippen LogP contribution in [0.5, 0.6) is 17.2 Å². The van der Waals surface area contributed by atoms with E-state index in [1.54, 1.807) is 0 Å². The molecule has 0 saturated carbocycles. The largest absolute Gasteiger partial charge is 0.493 e. The van der Waals surface area contributed by atoms with Gasteiger partial charge in [0.1, 0.15) is 27.5 Å². The molecule has 0 aliphatic heterocycles. The molecule has 3 unspecified atom stereocenters. The summed E-state index contributed by atoms with van der Waals surface area (Å²) < 4.78 is 19.0. The van der Waals surface area contributed by atoms with E-state index < -0.39 is 5.41 Å². The fourth-order valence-electron chi connectivity index (χ4n) is 6.44. The predicted molar refractivity (Wildman–Crippen MR) is 234 cm³/mol. The second kappa shape index (κ2) is 27.6. The molecule has 0 heterocycles. The average Bonchev–Trinajstić information content (AvgIpc) is 3.22. The molecule has 0 saturated heterocycles. The third kappa shape index (κ3) is 17.5. The molecule has 56 heavy (non-hydrogen) atoms. The van der Waals surface area contributed by atoms with Crippen LogP contribution in [0, 0.1) is 17.8 Å². The summed E-state index contributed by atoms with van der Waals surface area (Å²) in [6.07, 6.45) is 14.1. The van der Waals surface area contributed by atoms with Crippen LogP contribution in [-0.4, -0.2) is 35.5 Å². The molecule has 0 N–H and O–H groups in total. The molecule has 308 valence electrons. The van der Waals surface area contributed by atoms with E-state index in [2.05, 4.69) is 56.9 Å². The number of nitrogens with zero attached hydrogens (tertiary/aromatic N) is 6. The minimum Gasteiger partial charge on any atom is -0.493 e. The first-order valence-electron chi connectivity index (χ1n) is 21.7. The maximum absolute atomic E-state index is 6.34. The van der Waals surface area contributed by atoms with E-state index in [0.717, 1.165) is 53.2 Å². The van der Waals surface area contributed by atoms with Crippen LogP contribution in [0.4, 0.5) is 0 Å². The molecule has 10 heteroatoms. The summed E-state index contributed by atoms with van der Waals surface area (Å²) in [6.45, 7) is 16.6. The molecule has 0 aliphatic rings. The van der Waals surface area contributed by atoms with Crippen molar-refractivity contribution in [1.29, 1.82) is 0 Å². The van der Waals surface area contributed by atoms with Gasteiger partial charge in [-0.05, 0) is 55.2 Å². The molecule has 3 rings (SSSR count). The van der Waals surface area contributed by atoms with Crippen molar-refractivity contribution in [2.45, 2.75) is 144 Å². The Balaban J connectivity index is 1.81. The van der Waals surface area contributed by atoms with Gasteiger partial charge in [0, 0.05) is 16.7 Å². The SMILES string of the molecule is CCCCC(CC)COc1ccccc1CN=NC([SiH3])(N=NCc1ccccc1OCC(CC)CCCC)N=NCc1ccccc1OCC(CC)CCCC. The highest BCUT2D eigenvalue weighted by Gasteiger charge is 2.22. The van der Waals surface area contributed by atoms with Gasteiger partial charge in [-0.25, -0.2) is 0 Å². The van der Waals surface area contributed by atoms with Crippen molar-refractivity contribution in [3.63, 3.8) is 0 Å². The van der Waals surface area contributed by atoms with Crippen LogP contribution in [0.1, 0.15) is 135 Å². The van der Waals surface area contributed by atoms with Gasteiger partial charge in [-0.1, -0.05) is 154 Å². The van der Waals surface area contributed by atoms with Crippen molar-refractivity contribution in [2.24, 2.45) is 48.4 Å². The summed E-state index contributed by atoms with van der Waals surface area (Å²) in [7, 11) is 0.417. The number of ether oxygens (including phenoxy) is 3. The molecule has 3 atom stereocenters. The van der Waals surface area contributed by atoms with Gasteiger partial charge < -0.3 is 14.2 Å². The Morgan fingerprint density at radius 2 is 0.750 bits per heavy atom. The Hall–Kier alpha value is -3.92. The maximum atomic E-state index is 6.34. The van der Waals surface area contributed by atoms with Crippen LogP contribution in [-0.2, 0) is 19.6 Å². The molecule has 0 amide bonds. The lowest BCUT2D eigenvalue weighted by Crippen LogP contribution is -2.19. The van der Waals surface area contributed by atoms with Crippen molar-refractivity contribution in [2.75, 3.05) is 19.8 Å². The third-order valence-corrected chi connectivity index (χ3v) is 11.1. The summed E-state index contributed by atoms with van der Waals surface area (Å²) in [5.41, 5.74) is 1.70. The van der Waals surface area contributed by atoms with Crippen molar-refractivity contribution < 1.29 is 14.2 Å². The molecule has 9 nitrogen and oxygen atoms in total. The number of hydrogen-bond acceptors (Lipinski definition) is 9. The van der Waals surface area contributed by atoms with Crippen molar-refractivity contribution >= 4 is 10.2 Å². The molecule has 3 aromatic carbocycles. The first kappa shape index (κ1) is 46.5. The standard InChI is InChI=1S/C46H72N6O3Si/c1-7-13-22-37(10-4)34-53-43-28-19-16-25-40(43)31-47-50-46(56,51-48-32-41-26-17-20-29-44(41)54-35-38(11-5)23-14-8-2)52-49-33-42-27-18-21-30-45(42)55-36-39(12-6)24-15-9-3/h16-21,25-30,37-39H,7-15,22-24,31-36H2,1-6,56H3. The van der Waals surface area contributed by atoms with E-state index in [9.17, 15) is 0 Å². The third-order valence-electron chi connectivity index (χ3n) is 10.5. The molecule has 0 aromatic heterocycles. The zero-order valence-corrected chi connectivity index (χ0v) is 37.8. The van der Waals surface area contributed by atoms with Crippen LogP contribution in [0.25, 0.3) is 0 Å². The zero-order valence-electron chi connectivity index (χ0n) is 35.8. The van der Waals surface area contributed by atoms with Gasteiger partial charge in [-0.15, -0.1) is 15.3 Å². The smallest absolute Gasteiger partial charge is 0.267 e. The number of benzene rings is 3. The van der Waals surface area contributed by atoms with Crippen LogP contribution in [0.15, 0.2) is 103 Å². The van der Waals surface area contributed by atoms with Crippen LogP contribution in [0.3, 0.4) is 0 Å². The van der Waals surface area contributed by atoms with Crippen LogP contribution >= 0.6 is 0 Å². The molecular weight excluding hydrogens is 713 g/mol. The second-order valence-corrected chi connectivity index (χ2v) is 16.5. The minimum absolute atomic E-state index is 0.345. The number of azo groups is 3. The highest BCUT2D eigenvalue weighted by molar-refractivity contribution is 6.14. The van der Waals surface area contributed by atoms with Crippen LogP contribution in [0.2, 0.25) is 0 Å². The van der Waals surface area contributed by atoms with Crippen molar-refractivity contribution in [3.8, 4) is 17.2 Å². The van der Waals surface area contributed by atoms with Gasteiger partial charge in [-0.2, -0.15) is 15.3 Å². The summed E-state index contributed by atoms with van der Waals surface area (Å²) in [5, 5.41) is 28.0. The molecule has 0 aliphatic carbocycles. The fourth-order valence-corrected chi connectivity index (χ4v) is 6.86. The summed E-state index contributed by atoms with van der Waals surface area (Å²) in [6, 6.07) is 24.2.